The summed E-state index contributed by atoms with van der Waals surface area (Å²) >= 11 is 0. The Labute approximate surface area is 62.7 Å². The summed E-state index contributed by atoms with van der Waals surface area (Å²) in [5, 5.41) is 8.88. The summed E-state index contributed by atoms with van der Waals surface area (Å²) in [6, 6.07) is 0.00926. The molecule has 1 atom stereocenters. The first-order chi connectivity index (χ1) is 4.54. The van der Waals surface area contributed by atoms with Crippen molar-refractivity contribution in [2.75, 3.05) is 6.61 Å². The first kappa shape index (κ1) is 9.66. The molecule has 0 aliphatic carbocycles. The number of aliphatic hydroxyl groups is 1. The third kappa shape index (κ3) is 2.50. The van der Waals surface area contributed by atoms with Gasteiger partial charge < -0.3 is 10.8 Å². The smallest absolute Gasteiger partial charge is 0.0497 e. The molecule has 0 fully saturated rings. The van der Waals surface area contributed by atoms with E-state index in [2.05, 4.69) is 6.58 Å². The van der Waals surface area contributed by atoms with Gasteiger partial charge in [0.1, 0.15) is 0 Å². The van der Waals surface area contributed by atoms with Gasteiger partial charge in [0.05, 0.1) is 0 Å². The van der Waals surface area contributed by atoms with Crippen molar-refractivity contribution in [3.63, 3.8) is 0 Å². The highest BCUT2D eigenvalue weighted by molar-refractivity contribution is 4.86. The van der Waals surface area contributed by atoms with E-state index in [0.717, 1.165) is 6.42 Å². The Hall–Kier alpha value is -0.340. The van der Waals surface area contributed by atoms with Crippen LogP contribution in [0.2, 0.25) is 0 Å². The van der Waals surface area contributed by atoms with Crippen molar-refractivity contribution < 1.29 is 5.11 Å². The molecule has 0 aliphatic heterocycles. The van der Waals surface area contributed by atoms with Crippen molar-refractivity contribution in [3.05, 3.63) is 12.7 Å². The zero-order chi connectivity index (χ0) is 8.20. The van der Waals surface area contributed by atoms with Crippen molar-refractivity contribution in [3.8, 4) is 0 Å². The van der Waals surface area contributed by atoms with Gasteiger partial charge in [-0.2, -0.15) is 0 Å². The van der Waals surface area contributed by atoms with Gasteiger partial charge in [-0.15, -0.1) is 6.58 Å². The third-order valence-corrected chi connectivity index (χ3v) is 1.83. The fourth-order valence-electron chi connectivity index (χ4n) is 0.616. The molecule has 0 bridgehead atoms. The highest BCUT2D eigenvalue weighted by Crippen LogP contribution is 2.19. The van der Waals surface area contributed by atoms with Gasteiger partial charge in [-0.1, -0.05) is 19.9 Å². The molecule has 10 heavy (non-hydrogen) atoms. The van der Waals surface area contributed by atoms with Crippen LogP contribution in [0, 0.1) is 5.41 Å². The van der Waals surface area contributed by atoms with E-state index in [0.29, 0.717) is 0 Å². The van der Waals surface area contributed by atoms with E-state index >= 15 is 0 Å². The molecular weight excluding hydrogens is 126 g/mol. The van der Waals surface area contributed by atoms with Crippen LogP contribution in [0.3, 0.4) is 0 Å². The molecule has 0 aromatic heterocycles. The van der Waals surface area contributed by atoms with Crippen LogP contribution in [0.25, 0.3) is 0 Å². The van der Waals surface area contributed by atoms with Crippen LogP contribution in [0.15, 0.2) is 12.7 Å². The SMILES string of the molecule is C=CC[C@H](N)C(C)(C)CO. The predicted octanol–water partition coefficient (Wildman–Crippen LogP) is 0.908. The topological polar surface area (TPSA) is 46.2 Å². The number of aliphatic hydroxyl groups excluding tert-OH is 1. The first-order valence-corrected chi connectivity index (χ1v) is 3.52. The zero-order valence-electron chi connectivity index (χ0n) is 6.80. The van der Waals surface area contributed by atoms with Crippen LogP contribution in [-0.4, -0.2) is 17.8 Å². The van der Waals surface area contributed by atoms with Gasteiger partial charge in [-0.25, -0.2) is 0 Å². The van der Waals surface area contributed by atoms with E-state index in [-0.39, 0.29) is 18.1 Å². The van der Waals surface area contributed by atoms with Crippen LogP contribution < -0.4 is 5.73 Å². The molecule has 0 heterocycles. The Morgan fingerprint density at radius 3 is 2.50 bits per heavy atom. The van der Waals surface area contributed by atoms with Crippen LogP contribution >= 0.6 is 0 Å². The maximum absolute atomic E-state index is 8.88. The van der Waals surface area contributed by atoms with Crippen molar-refractivity contribution in [2.45, 2.75) is 26.3 Å². The minimum Gasteiger partial charge on any atom is -0.396 e. The lowest BCUT2D eigenvalue weighted by atomic mass is 9.84. The number of hydrogen-bond donors (Lipinski definition) is 2. The average molecular weight is 143 g/mol. The molecule has 0 saturated heterocycles. The molecule has 0 amide bonds. The molecule has 0 radical (unpaired) electrons. The molecule has 0 unspecified atom stereocenters. The average Bonchev–Trinajstić information content (AvgIpc) is 1.89. The lowest BCUT2D eigenvalue weighted by Gasteiger charge is -2.28. The van der Waals surface area contributed by atoms with Crippen molar-refractivity contribution in [1.29, 1.82) is 0 Å². The highest BCUT2D eigenvalue weighted by Gasteiger charge is 2.23. The molecular formula is C8H17NO. The zero-order valence-corrected chi connectivity index (χ0v) is 6.80. The van der Waals surface area contributed by atoms with Gasteiger partial charge in [-0.05, 0) is 6.42 Å². The Morgan fingerprint density at radius 1 is 1.70 bits per heavy atom. The molecule has 2 nitrogen and oxygen atoms in total. The Balaban J connectivity index is 3.89. The second-order valence-corrected chi connectivity index (χ2v) is 3.28. The van der Waals surface area contributed by atoms with Crippen molar-refractivity contribution >= 4 is 0 Å². The summed E-state index contributed by atoms with van der Waals surface area (Å²) in [6.07, 6.45) is 2.54. The standard InChI is InChI=1S/C8H17NO/c1-4-5-7(9)8(2,3)6-10/h4,7,10H,1,5-6,9H2,2-3H3/t7-/m0/s1. The van der Waals surface area contributed by atoms with Crippen LogP contribution in [0.4, 0.5) is 0 Å². The quantitative estimate of drug-likeness (QED) is 0.574. The second-order valence-electron chi connectivity index (χ2n) is 3.28. The molecule has 0 spiro atoms. The van der Waals surface area contributed by atoms with Gasteiger partial charge in [0, 0.05) is 18.1 Å². The minimum atomic E-state index is -0.186. The monoisotopic (exact) mass is 143 g/mol. The largest absolute Gasteiger partial charge is 0.396 e. The molecule has 2 heteroatoms. The minimum absolute atomic E-state index is 0.00926. The van der Waals surface area contributed by atoms with Crippen LogP contribution in [0.1, 0.15) is 20.3 Å². The third-order valence-electron chi connectivity index (χ3n) is 1.83. The normalized spacial score (nSPS) is 14.8. The molecule has 60 valence electrons. The van der Waals surface area contributed by atoms with E-state index in [4.69, 9.17) is 10.8 Å². The summed E-state index contributed by atoms with van der Waals surface area (Å²) in [7, 11) is 0. The molecule has 3 N–H and O–H groups in total. The van der Waals surface area contributed by atoms with Gasteiger partial charge in [-0.3, -0.25) is 0 Å². The summed E-state index contributed by atoms with van der Waals surface area (Å²) in [5.74, 6) is 0. The van der Waals surface area contributed by atoms with Gasteiger partial charge in [0.2, 0.25) is 0 Å². The second kappa shape index (κ2) is 3.74. The van der Waals surface area contributed by atoms with Crippen LogP contribution in [-0.2, 0) is 0 Å². The fourth-order valence-corrected chi connectivity index (χ4v) is 0.616. The van der Waals surface area contributed by atoms with E-state index in [9.17, 15) is 0 Å². The van der Waals surface area contributed by atoms with E-state index in [1.165, 1.54) is 0 Å². The molecule has 0 rings (SSSR count). The van der Waals surface area contributed by atoms with Gasteiger partial charge >= 0.3 is 0 Å². The van der Waals surface area contributed by atoms with E-state index < -0.39 is 0 Å². The Morgan fingerprint density at radius 2 is 2.20 bits per heavy atom. The lowest BCUT2D eigenvalue weighted by Crippen LogP contribution is -2.39. The summed E-state index contributed by atoms with van der Waals surface area (Å²) in [4.78, 5) is 0. The number of hydrogen-bond acceptors (Lipinski definition) is 2. The first-order valence-electron chi connectivity index (χ1n) is 3.52. The maximum Gasteiger partial charge on any atom is 0.0497 e. The van der Waals surface area contributed by atoms with E-state index in [1.54, 1.807) is 6.08 Å². The van der Waals surface area contributed by atoms with E-state index in [1.807, 2.05) is 13.8 Å². The summed E-state index contributed by atoms with van der Waals surface area (Å²) < 4.78 is 0. The maximum atomic E-state index is 8.88. The predicted molar refractivity (Wildman–Crippen MR) is 43.7 cm³/mol. The van der Waals surface area contributed by atoms with Crippen LogP contribution in [0.5, 0.6) is 0 Å². The molecule has 0 aromatic rings. The number of rotatable bonds is 4. The molecule has 0 aromatic carbocycles. The summed E-state index contributed by atoms with van der Waals surface area (Å²) in [6.45, 7) is 7.61. The summed E-state index contributed by atoms with van der Waals surface area (Å²) in [5.41, 5.74) is 5.55. The van der Waals surface area contributed by atoms with Gasteiger partial charge in [0.15, 0.2) is 0 Å². The number of nitrogens with two attached hydrogens (primary N) is 1. The molecule has 0 saturated carbocycles. The highest BCUT2D eigenvalue weighted by atomic mass is 16.3. The fraction of sp³-hybridized carbons (Fsp3) is 0.750. The Bertz CT molecular complexity index is 110. The lowest BCUT2D eigenvalue weighted by molar-refractivity contribution is 0.133. The van der Waals surface area contributed by atoms with Crippen molar-refractivity contribution in [2.24, 2.45) is 11.1 Å². The van der Waals surface area contributed by atoms with Crippen molar-refractivity contribution in [1.82, 2.24) is 0 Å². The van der Waals surface area contributed by atoms with Gasteiger partial charge in [0.25, 0.3) is 0 Å². The Kier molecular flexibility index (Phi) is 3.61. The molecule has 0 aliphatic rings.